The van der Waals surface area contributed by atoms with Crippen molar-refractivity contribution in [2.24, 2.45) is 5.92 Å². The van der Waals surface area contributed by atoms with Crippen molar-refractivity contribution in [1.29, 1.82) is 5.26 Å². The molecular weight excluding hydrogens is 240 g/mol. The van der Waals surface area contributed by atoms with Gasteiger partial charge >= 0.3 is 0 Å². The molecule has 2 heterocycles. The number of piperazine rings is 1. The molecule has 0 aromatic rings. The second-order valence-electron chi connectivity index (χ2n) is 5.75. The Bertz CT molecular complexity index is 344. The predicted octanol–water partition coefficient (Wildman–Crippen LogP) is 0.386. The van der Waals surface area contributed by atoms with Gasteiger partial charge in [0, 0.05) is 52.1 Å². The molecule has 5 heteroatoms. The molecule has 19 heavy (non-hydrogen) atoms. The van der Waals surface area contributed by atoms with E-state index in [0.717, 1.165) is 52.2 Å². The first-order chi connectivity index (χ1) is 9.19. The molecule has 2 aliphatic heterocycles. The highest BCUT2D eigenvalue weighted by molar-refractivity contribution is 5.76. The lowest BCUT2D eigenvalue weighted by Gasteiger charge is -2.34. The molecule has 106 valence electrons. The van der Waals surface area contributed by atoms with Crippen molar-refractivity contribution in [3.05, 3.63) is 0 Å². The Balaban J connectivity index is 1.69. The summed E-state index contributed by atoms with van der Waals surface area (Å²) in [5.74, 6) is 0.870. The average Bonchev–Trinajstić information content (AvgIpc) is 2.82. The van der Waals surface area contributed by atoms with E-state index in [9.17, 15) is 4.79 Å². The van der Waals surface area contributed by atoms with Crippen LogP contribution >= 0.6 is 0 Å². The van der Waals surface area contributed by atoms with Crippen LogP contribution in [0.2, 0.25) is 0 Å². The van der Waals surface area contributed by atoms with Gasteiger partial charge < -0.3 is 9.80 Å². The van der Waals surface area contributed by atoms with Gasteiger partial charge in [0.05, 0.1) is 6.07 Å². The Morgan fingerprint density at radius 2 is 2.00 bits per heavy atom. The molecule has 2 saturated heterocycles. The third-order valence-corrected chi connectivity index (χ3v) is 4.22. The summed E-state index contributed by atoms with van der Waals surface area (Å²) in [6.07, 6.45) is 2.45. The van der Waals surface area contributed by atoms with E-state index < -0.39 is 0 Å². The van der Waals surface area contributed by atoms with Crippen molar-refractivity contribution < 1.29 is 4.79 Å². The minimum atomic E-state index is 0.320. The Morgan fingerprint density at radius 3 is 2.58 bits per heavy atom. The molecule has 0 radical (unpaired) electrons. The summed E-state index contributed by atoms with van der Waals surface area (Å²) in [5, 5.41) is 8.57. The molecule has 0 saturated carbocycles. The molecule has 1 atom stereocenters. The van der Waals surface area contributed by atoms with Crippen LogP contribution in [-0.4, -0.2) is 73.5 Å². The predicted molar refractivity (Wildman–Crippen MR) is 73.5 cm³/mol. The zero-order valence-corrected chi connectivity index (χ0v) is 11.8. The molecule has 0 spiro atoms. The van der Waals surface area contributed by atoms with Gasteiger partial charge in [-0.2, -0.15) is 5.26 Å². The Morgan fingerprint density at radius 1 is 1.26 bits per heavy atom. The first-order valence-corrected chi connectivity index (χ1v) is 7.24. The van der Waals surface area contributed by atoms with Crippen LogP contribution in [0.3, 0.4) is 0 Å². The molecule has 0 aromatic heterocycles. The van der Waals surface area contributed by atoms with Gasteiger partial charge in [0.1, 0.15) is 0 Å². The van der Waals surface area contributed by atoms with Crippen LogP contribution in [0.1, 0.15) is 19.3 Å². The van der Waals surface area contributed by atoms with Gasteiger partial charge in [0.25, 0.3) is 0 Å². The highest BCUT2D eigenvalue weighted by atomic mass is 16.2. The van der Waals surface area contributed by atoms with Crippen LogP contribution in [0.4, 0.5) is 0 Å². The minimum Gasteiger partial charge on any atom is -0.340 e. The van der Waals surface area contributed by atoms with Crippen LogP contribution < -0.4 is 0 Å². The molecule has 2 aliphatic rings. The van der Waals surface area contributed by atoms with Gasteiger partial charge in [-0.05, 0) is 25.9 Å². The Hall–Kier alpha value is -1.12. The van der Waals surface area contributed by atoms with E-state index in [1.54, 1.807) is 0 Å². The van der Waals surface area contributed by atoms with E-state index in [-0.39, 0.29) is 0 Å². The summed E-state index contributed by atoms with van der Waals surface area (Å²) in [4.78, 5) is 18.8. The average molecular weight is 264 g/mol. The molecule has 2 rings (SSSR count). The van der Waals surface area contributed by atoms with Crippen molar-refractivity contribution in [1.82, 2.24) is 14.7 Å². The number of rotatable bonds is 4. The molecule has 2 fully saturated rings. The molecule has 0 aliphatic carbocycles. The number of nitrogens with zero attached hydrogens (tertiary/aromatic N) is 4. The minimum absolute atomic E-state index is 0.320. The van der Waals surface area contributed by atoms with E-state index in [1.165, 1.54) is 0 Å². The summed E-state index contributed by atoms with van der Waals surface area (Å²) in [5.41, 5.74) is 0. The van der Waals surface area contributed by atoms with Gasteiger partial charge in [-0.15, -0.1) is 0 Å². The Labute approximate surface area is 115 Å². The summed E-state index contributed by atoms with van der Waals surface area (Å²) in [6, 6.07) is 2.17. The van der Waals surface area contributed by atoms with Crippen LogP contribution in [-0.2, 0) is 4.79 Å². The van der Waals surface area contributed by atoms with Gasteiger partial charge in [-0.25, -0.2) is 0 Å². The first kappa shape index (κ1) is 14.3. The second kappa shape index (κ2) is 6.88. The SMILES string of the molecule is CN1CC[C@@H](CC(=O)N2CCN(CCC#N)CC2)C1. The molecule has 5 nitrogen and oxygen atoms in total. The van der Waals surface area contributed by atoms with E-state index in [4.69, 9.17) is 5.26 Å². The standard InChI is InChI=1S/C14H24N4O/c1-16-6-3-13(12-16)11-14(19)18-9-7-17(8-10-18)5-2-4-15/h13H,2-3,5-12H2,1H3/t13-/m0/s1. The number of nitriles is 1. The molecule has 0 bridgehead atoms. The Kier molecular flexibility index (Phi) is 5.17. The van der Waals surface area contributed by atoms with E-state index in [1.807, 2.05) is 4.90 Å². The van der Waals surface area contributed by atoms with Crippen LogP contribution in [0.5, 0.6) is 0 Å². The van der Waals surface area contributed by atoms with E-state index in [0.29, 0.717) is 24.7 Å². The molecular formula is C14H24N4O. The lowest BCUT2D eigenvalue weighted by atomic mass is 10.0. The van der Waals surface area contributed by atoms with E-state index in [2.05, 4.69) is 22.9 Å². The maximum Gasteiger partial charge on any atom is 0.222 e. The quantitative estimate of drug-likeness (QED) is 0.737. The summed E-state index contributed by atoms with van der Waals surface area (Å²) < 4.78 is 0. The third-order valence-electron chi connectivity index (χ3n) is 4.22. The number of amides is 1. The van der Waals surface area contributed by atoms with Gasteiger partial charge in [0.2, 0.25) is 5.91 Å². The number of carbonyl (C=O) groups is 1. The fourth-order valence-corrected chi connectivity index (χ4v) is 3.00. The number of likely N-dealkylation sites (tertiary alicyclic amines) is 1. The van der Waals surface area contributed by atoms with E-state index >= 15 is 0 Å². The molecule has 0 unspecified atom stereocenters. The maximum absolute atomic E-state index is 12.2. The monoisotopic (exact) mass is 264 g/mol. The largest absolute Gasteiger partial charge is 0.340 e. The fraction of sp³-hybridized carbons (Fsp3) is 0.857. The van der Waals surface area contributed by atoms with Crippen molar-refractivity contribution >= 4 is 5.91 Å². The number of hydrogen-bond donors (Lipinski definition) is 0. The first-order valence-electron chi connectivity index (χ1n) is 7.24. The lowest BCUT2D eigenvalue weighted by Crippen LogP contribution is -2.49. The zero-order valence-electron chi connectivity index (χ0n) is 11.8. The second-order valence-corrected chi connectivity index (χ2v) is 5.75. The summed E-state index contributed by atoms with van der Waals surface area (Å²) in [6.45, 7) is 6.51. The van der Waals surface area contributed by atoms with Crippen LogP contribution in [0, 0.1) is 17.2 Å². The van der Waals surface area contributed by atoms with Crippen LogP contribution in [0.25, 0.3) is 0 Å². The van der Waals surface area contributed by atoms with Crippen molar-refractivity contribution in [3.63, 3.8) is 0 Å². The zero-order chi connectivity index (χ0) is 13.7. The van der Waals surface area contributed by atoms with Crippen molar-refractivity contribution in [2.75, 3.05) is 52.9 Å². The summed E-state index contributed by atoms with van der Waals surface area (Å²) in [7, 11) is 2.12. The lowest BCUT2D eigenvalue weighted by molar-refractivity contribution is -0.133. The highest BCUT2D eigenvalue weighted by Gasteiger charge is 2.26. The van der Waals surface area contributed by atoms with Crippen LogP contribution in [0.15, 0.2) is 0 Å². The molecule has 0 aromatic carbocycles. The van der Waals surface area contributed by atoms with Crippen molar-refractivity contribution in [3.8, 4) is 6.07 Å². The molecule has 0 N–H and O–H groups in total. The fourth-order valence-electron chi connectivity index (χ4n) is 3.00. The van der Waals surface area contributed by atoms with Gasteiger partial charge in [-0.1, -0.05) is 0 Å². The number of carbonyl (C=O) groups excluding carboxylic acids is 1. The third kappa shape index (κ3) is 4.19. The number of hydrogen-bond acceptors (Lipinski definition) is 4. The molecule has 1 amide bonds. The smallest absolute Gasteiger partial charge is 0.222 e. The topological polar surface area (TPSA) is 50.6 Å². The maximum atomic E-state index is 12.2. The summed E-state index contributed by atoms with van der Waals surface area (Å²) >= 11 is 0. The highest BCUT2D eigenvalue weighted by Crippen LogP contribution is 2.19. The van der Waals surface area contributed by atoms with Gasteiger partial charge in [-0.3, -0.25) is 9.69 Å². The van der Waals surface area contributed by atoms with Gasteiger partial charge in [0.15, 0.2) is 0 Å². The van der Waals surface area contributed by atoms with Crippen molar-refractivity contribution in [2.45, 2.75) is 19.3 Å². The normalized spacial score (nSPS) is 25.5.